The third kappa shape index (κ3) is 5.24. The molecule has 1 saturated heterocycles. The fourth-order valence-electron chi connectivity index (χ4n) is 3.21. The minimum Gasteiger partial charge on any atom is -0.351 e. The Balaban J connectivity index is 1.50. The number of nitrogens with zero attached hydrogens (tertiary/aromatic N) is 2. The molecule has 0 saturated carbocycles. The highest BCUT2D eigenvalue weighted by atomic mass is 32.2. The Morgan fingerprint density at radius 2 is 1.93 bits per heavy atom. The Morgan fingerprint density at radius 1 is 1.22 bits per heavy atom. The van der Waals surface area contributed by atoms with Crippen molar-refractivity contribution in [1.82, 2.24) is 10.2 Å². The summed E-state index contributed by atoms with van der Waals surface area (Å²) in [5.41, 5.74) is 1.45. The first-order valence-electron chi connectivity index (χ1n) is 9.22. The summed E-state index contributed by atoms with van der Waals surface area (Å²) >= 11 is 1.48. The molecule has 2 atom stereocenters. The van der Waals surface area contributed by atoms with Crippen LogP contribution in [0.3, 0.4) is 0 Å². The van der Waals surface area contributed by atoms with Crippen molar-refractivity contribution in [3.8, 4) is 0 Å². The van der Waals surface area contributed by atoms with Gasteiger partial charge in [-0.15, -0.1) is 0 Å². The summed E-state index contributed by atoms with van der Waals surface area (Å²) in [5.74, 6) is 0.257. The van der Waals surface area contributed by atoms with E-state index in [1.807, 2.05) is 12.1 Å². The Hall–Kier alpha value is -1.58. The van der Waals surface area contributed by atoms with Gasteiger partial charge in [0.2, 0.25) is 0 Å². The van der Waals surface area contributed by atoms with Gasteiger partial charge in [0, 0.05) is 29.6 Å². The molecule has 0 spiro atoms. The van der Waals surface area contributed by atoms with Gasteiger partial charge in [-0.05, 0) is 37.4 Å². The number of hydrogen-bond acceptors (Lipinski definition) is 7. The molecule has 1 amide bonds. The molecule has 0 aliphatic carbocycles. The van der Waals surface area contributed by atoms with Crippen LogP contribution in [0.4, 0.5) is 5.69 Å². The maximum absolute atomic E-state index is 12.2. The first-order valence-corrected chi connectivity index (χ1v) is 11.9. The molecule has 27 heavy (non-hydrogen) atoms. The van der Waals surface area contributed by atoms with E-state index in [2.05, 4.69) is 34.4 Å². The summed E-state index contributed by atoms with van der Waals surface area (Å²) < 4.78 is 23.2. The number of aliphatic imine (C=N–C) groups is 1. The zero-order valence-electron chi connectivity index (χ0n) is 15.6. The van der Waals surface area contributed by atoms with E-state index in [1.165, 1.54) is 11.8 Å². The molecule has 0 unspecified atom stereocenters. The Bertz CT molecular complexity index is 804. The third-order valence-corrected chi connectivity index (χ3v) is 7.97. The van der Waals surface area contributed by atoms with Crippen molar-refractivity contribution in [1.29, 1.82) is 0 Å². The summed E-state index contributed by atoms with van der Waals surface area (Å²) in [6.07, 6.45) is 0. The topological polar surface area (TPSA) is 90.9 Å². The van der Waals surface area contributed by atoms with E-state index in [-0.39, 0.29) is 28.7 Å². The fourth-order valence-corrected chi connectivity index (χ4v) is 6.89. The number of amides is 1. The van der Waals surface area contributed by atoms with Gasteiger partial charge in [-0.25, -0.2) is 8.42 Å². The van der Waals surface area contributed by atoms with Crippen molar-refractivity contribution in [2.24, 2.45) is 4.99 Å². The number of nitrogens with one attached hydrogen (secondary N) is 2. The molecule has 0 radical (unpaired) electrons. The predicted molar refractivity (Wildman–Crippen MR) is 111 cm³/mol. The standard InChI is InChI=1S/C18H26N4O3S2/c1-3-22(4-2)10-9-19-17(23)13-5-7-14(8-6-13)20-18-21-15-11-27(24,25)12-16(15)26-18/h5-8,15-16H,3-4,9-12H2,1-2H3,(H,19,23)(H,20,21)/t15-,16-/m0/s1. The van der Waals surface area contributed by atoms with Crippen molar-refractivity contribution in [2.75, 3.05) is 43.0 Å². The number of rotatable bonds is 7. The quantitative estimate of drug-likeness (QED) is 0.707. The number of sulfone groups is 1. The highest BCUT2D eigenvalue weighted by Crippen LogP contribution is 2.34. The maximum Gasteiger partial charge on any atom is 0.251 e. The average Bonchev–Trinajstić information content (AvgIpc) is 3.11. The summed E-state index contributed by atoms with van der Waals surface area (Å²) in [4.78, 5) is 19.0. The first-order chi connectivity index (χ1) is 12.9. The number of amidine groups is 1. The smallest absolute Gasteiger partial charge is 0.251 e. The third-order valence-electron chi connectivity index (χ3n) is 4.82. The van der Waals surface area contributed by atoms with Gasteiger partial charge in [-0.1, -0.05) is 25.6 Å². The van der Waals surface area contributed by atoms with Crippen LogP contribution in [0, 0.1) is 0 Å². The molecular weight excluding hydrogens is 384 g/mol. The highest BCUT2D eigenvalue weighted by Gasteiger charge is 2.42. The number of likely N-dealkylation sites (N-methyl/N-ethyl adjacent to an activating group) is 1. The number of thioether (sulfide) groups is 1. The molecule has 7 nitrogen and oxygen atoms in total. The fraction of sp³-hybridized carbons (Fsp3) is 0.556. The zero-order chi connectivity index (χ0) is 19.4. The Kier molecular flexibility index (Phi) is 6.44. The number of carbonyl (C=O) groups excluding carboxylic acids is 1. The number of anilines is 1. The van der Waals surface area contributed by atoms with Crippen LogP contribution in [-0.4, -0.2) is 73.4 Å². The van der Waals surface area contributed by atoms with Crippen molar-refractivity contribution >= 4 is 38.4 Å². The largest absolute Gasteiger partial charge is 0.351 e. The van der Waals surface area contributed by atoms with Gasteiger partial charge >= 0.3 is 0 Å². The molecule has 148 valence electrons. The van der Waals surface area contributed by atoms with E-state index >= 15 is 0 Å². The van der Waals surface area contributed by atoms with Crippen LogP contribution in [0.1, 0.15) is 24.2 Å². The second-order valence-corrected chi connectivity index (χ2v) is 10.1. The Morgan fingerprint density at radius 3 is 2.56 bits per heavy atom. The van der Waals surface area contributed by atoms with Crippen LogP contribution in [0.5, 0.6) is 0 Å². The van der Waals surface area contributed by atoms with Crippen molar-refractivity contribution < 1.29 is 13.2 Å². The lowest BCUT2D eigenvalue weighted by Gasteiger charge is -2.18. The molecule has 0 bridgehead atoms. The van der Waals surface area contributed by atoms with E-state index in [1.54, 1.807) is 12.1 Å². The molecule has 9 heteroatoms. The summed E-state index contributed by atoms with van der Waals surface area (Å²) in [7, 11) is -2.94. The predicted octanol–water partition coefficient (Wildman–Crippen LogP) is 1.44. The van der Waals surface area contributed by atoms with E-state index < -0.39 is 9.84 Å². The normalized spacial score (nSPS) is 23.1. The molecule has 2 heterocycles. The van der Waals surface area contributed by atoms with Gasteiger partial charge in [0.25, 0.3) is 5.91 Å². The average molecular weight is 411 g/mol. The molecule has 2 aliphatic rings. The van der Waals surface area contributed by atoms with Gasteiger partial charge in [0.15, 0.2) is 15.0 Å². The molecule has 1 aromatic rings. The van der Waals surface area contributed by atoms with Crippen molar-refractivity contribution in [2.45, 2.75) is 25.1 Å². The van der Waals surface area contributed by atoms with Crippen LogP contribution < -0.4 is 10.6 Å². The van der Waals surface area contributed by atoms with Gasteiger partial charge in [0.05, 0.1) is 17.5 Å². The maximum atomic E-state index is 12.2. The number of hydrogen-bond donors (Lipinski definition) is 2. The monoisotopic (exact) mass is 410 g/mol. The molecule has 3 rings (SSSR count). The molecular formula is C18H26N4O3S2. The van der Waals surface area contributed by atoms with Gasteiger partial charge in [0.1, 0.15) is 0 Å². The highest BCUT2D eigenvalue weighted by molar-refractivity contribution is 8.15. The lowest BCUT2D eigenvalue weighted by Crippen LogP contribution is -2.34. The van der Waals surface area contributed by atoms with Gasteiger partial charge in [-0.3, -0.25) is 9.79 Å². The van der Waals surface area contributed by atoms with Crippen LogP contribution in [0.25, 0.3) is 0 Å². The van der Waals surface area contributed by atoms with Crippen LogP contribution >= 0.6 is 11.8 Å². The minimum atomic E-state index is -2.94. The number of fused-ring (bicyclic) bond motifs is 1. The summed E-state index contributed by atoms with van der Waals surface area (Å²) in [6.45, 7) is 7.63. The van der Waals surface area contributed by atoms with E-state index in [4.69, 9.17) is 0 Å². The summed E-state index contributed by atoms with van der Waals surface area (Å²) in [6, 6.07) is 7.10. The number of benzene rings is 1. The van der Waals surface area contributed by atoms with Crippen molar-refractivity contribution in [3.05, 3.63) is 29.8 Å². The summed E-state index contributed by atoms with van der Waals surface area (Å²) in [5, 5.41) is 6.92. The Labute approximate surface area is 164 Å². The zero-order valence-corrected chi connectivity index (χ0v) is 17.3. The van der Waals surface area contributed by atoms with E-state index in [0.717, 1.165) is 30.5 Å². The second kappa shape index (κ2) is 8.62. The van der Waals surface area contributed by atoms with Crippen LogP contribution in [-0.2, 0) is 9.84 Å². The van der Waals surface area contributed by atoms with Crippen LogP contribution in [0.2, 0.25) is 0 Å². The second-order valence-electron chi connectivity index (χ2n) is 6.72. The molecule has 1 aromatic carbocycles. The SMILES string of the molecule is CCN(CC)CCNC(=O)c1ccc(NC2=N[C@H]3CS(=O)(=O)C[C@@H]3S2)cc1. The minimum absolute atomic E-state index is 0.0216. The van der Waals surface area contributed by atoms with Gasteiger partial charge < -0.3 is 15.5 Å². The number of carbonyl (C=O) groups is 1. The lowest BCUT2D eigenvalue weighted by molar-refractivity contribution is 0.0949. The molecule has 2 aliphatic heterocycles. The van der Waals surface area contributed by atoms with Crippen LogP contribution in [0.15, 0.2) is 29.3 Å². The lowest BCUT2D eigenvalue weighted by atomic mass is 10.2. The van der Waals surface area contributed by atoms with E-state index in [0.29, 0.717) is 12.1 Å². The first kappa shape index (κ1) is 20.2. The van der Waals surface area contributed by atoms with Gasteiger partial charge in [-0.2, -0.15) is 0 Å². The molecule has 2 N–H and O–H groups in total. The van der Waals surface area contributed by atoms with E-state index in [9.17, 15) is 13.2 Å². The molecule has 0 aromatic heterocycles. The molecule has 1 fully saturated rings. The van der Waals surface area contributed by atoms with Crippen molar-refractivity contribution in [3.63, 3.8) is 0 Å².